The van der Waals surface area contributed by atoms with Crippen LogP contribution in [0.5, 0.6) is 5.88 Å². The lowest BCUT2D eigenvalue weighted by Gasteiger charge is -2.16. The minimum atomic E-state index is 0.467. The Balaban J connectivity index is 2.02. The lowest BCUT2D eigenvalue weighted by atomic mass is 9.96. The summed E-state index contributed by atoms with van der Waals surface area (Å²) in [6.45, 7) is 0. The van der Waals surface area contributed by atoms with E-state index in [9.17, 15) is 0 Å². The maximum atomic E-state index is 6.01. The maximum absolute atomic E-state index is 6.01. The fourth-order valence-electron chi connectivity index (χ4n) is 2.29. The number of aryl methyl sites for hydroxylation is 1. The summed E-state index contributed by atoms with van der Waals surface area (Å²) in [5, 5.41) is 7.98. The van der Waals surface area contributed by atoms with Crippen LogP contribution in [-0.4, -0.2) is 27.3 Å². The van der Waals surface area contributed by atoms with Crippen LogP contribution in [0.3, 0.4) is 0 Å². The van der Waals surface area contributed by atoms with Crippen molar-refractivity contribution in [3.8, 4) is 17.4 Å². The Hall–Kier alpha value is -2.24. The molecule has 0 saturated heterocycles. The molecule has 0 atom stereocenters. The lowest BCUT2D eigenvalue weighted by Crippen LogP contribution is -2.12. The van der Waals surface area contributed by atoms with Crippen LogP contribution in [-0.2, 0) is 12.8 Å². The highest BCUT2D eigenvalue weighted by atomic mass is 16.5. The van der Waals surface area contributed by atoms with Gasteiger partial charge in [-0.2, -0.15) is 0 Å². The molecule has 2 aromatic heterocycles. The van der Waals surface area contributed by atoms with E-state index < -0.39 is 0 Å². The molecule has 0 amide bonds. The van der Waals surface area contributed by atoms with Crippen molar-refractivity contribution in [2.75, 3.05) is 12.8 Å². The third-order valence-corrected chi connectivity index (χ3v) is 3.29. The number of rotatable bonds is 2. The summed E-state index contributed by atoms with van der Waals surface area (Å²) in [4.78, 5) is 8.90. The van der Waals surface area contributed by atoms with Gasteiger partial charge >= 0.3 is 0 Å². The quantitative estimate of drug-likeness (QED) is 0.875. The molecule has 0 saturated carbocycles. The Morgan fingerprint density at radius 3 is 2.68 bits per heavy atom. The first-order valence-corrected chi connectivity index (χ1v) is 6.31. The Morgan fingerprint density at radius 2 is 1.95 bits per heavy atom. The summed E-state index contributed by atoms with van der Waals surface area (Å²) >= 11 is 0. The summed E-state index contributed by atoms with van der Waals surface area (Å²) in [6.07, 6.45) is 4.23. The minimum absolute atomic E-state index is 0.467. The molecule has 0 radical (unpaired) electrons. The summed E-state index contributed by atoms with van der Waals surface area (Å²) in [6, 6.07) is 3.52. The van der Waals surface area contributed by atoms with Gasteiger partial charge in [-0.1, -0.05) is 0 Å². The molecule has 0 fully saturated rings. The number of nitrogens with zero attached hydrogens (tertiary/aromatic N) is 4. The van der Waals surface area contributed by atoms with E-state index in [4.69, 9.17) is 10.5 Å². The van der Waals surface area contributed by atoms with Crippen molar-refractivity contribution in [3.05, 3.63) is 23.4 Å². The number of aromatic nitrogens is 4. The average molecular weight is 257 g/mol. The second kappa shape index (κ2) is 4.79. The zero-order chi connectivity index (χ0) is 13.2. The van der Waals surface area contributed by atoms with Gasteiger partial charge in [0.25, 0.3) is 0 Å². The van der Waals surface area contributed by atoms with Crippen molar-refractivity contribution >= 4 is 5.82 Å². The van der Waals surface area contributed by atoms with Crippen molar-refractivity contribution in [1.82, 2.24) is 20.2 Å². The van der Waals surface area contributed by atoms with Gasteiger partial charge in [-0.05, 0) is 31.7 Å². The molecule has 98 valence electrons. The number of ether oxygens (including phenoxy) is 1. The van der Waals surface area contributed by atoms with Crippen LogP contribution < -0.4 is 10.5 Å². The molecule has 3 rings (SSSR count). The highest BCUT2D eigenvalue weighted by molar-refractivity contribution is 5.55. The highest BCUT2D eigenvalue weighted by Crippen LogP contribution is 2.26. The van der Waals surface area contributed by atoms with Gasteiger partial charge in [-0.3, -0.25) is 0 Å². The number of anilines is 1. The van der Waals surface area contributed by atoms with E-state index in [0.29, 0.717) is 23.2 Å². The predicted octanol–water partition coefficient (Wildman–Crippen LogP) is 1.40. The first kappa shape index (κ1) is 11.8. The molecule has 19 heavy (non-hydrogen) atoms. The van der Waals surface area contributed by atoms with Crippen LogP contribution in [0.2, 0.25) is 0 Å². The second-order valence-electron chi connectivity index (χ2n) is 4.53. The predicted molar refractivity (Wildman–Crippen MR) is 70.7 cm³/mol. The van der Waals surface area contributed by atoms with Gasteiger partial charge in [0.1, 0.15) is 11.5 Å². The van der Waals surface area contributed by atoms with Crippen molar-refractivity contribution in [3.63, 3.8) is 0 Å². The Labute approximate surface area is 111 Å². The topological polar surface area (TPSA) is 86.8 Å². The number of nitrogen functional groups attached to an aromatic ring is 1. The van der Waals surface area contributed by atoms with E-state index in [2.05, 4.69) is 20.2 Å². The van der Waals surface area contributed by atoms with Gasteiger partial charge in [0.05, 0.1) is 7.11 Å². The van der Waals surface area contributed by atoms with E-state index in [1.54, 1.807) is 19.2 Å². The van der Waals surface area contributed by atoms with Crippen LogP contribution in [0.1, 0.15) is 24.1 Å². The molecule has 0 bridgehead atoms. The van der Waals surface area contributed by atoms with Crippen LogP contribution in [0.25, 0.3) is 11.5 Å². The van der Waals surface area contributed by atoms with E-state index in [1.165, 1.54) is 0 Å². The summed E-state index contributed by atoms with van der Waals surface area (Å²) in [7, 11) is 1.55. The third-order valence-electron chi connectivity index (χ3n) is 3.29. The molecular formula is C13H15N5O. The van der Waals surface area contributed by atoms with Gasteiger partial charge in [0.2, 0.25) is 5.88 Å². The second-order valence-corrected chi connectivity index (χ2v) is 4.53. The molecular weight excluding hydrogens is 242 g/mol. The van der Waals surface area contributed by atoms with Crippen molar-refractivity contribution in [2.24, 2.45) is 0 Å². The van der Waals surface area contributed by atoms with Crippen molar-refractivity contribution in [2.45, 2.75) is 25.7 Å². The number of fused-ring (bicyclic) bond motifs is 1. The molecule has 2 N–H and O–H groups in total. The molecule has 6 nitrogen and oxygen atoms in total. The number of methoxy groups -OCH3 is 1. The van der Waals surface area contributed by atoms with Crippen molar-refractivity contribution in [1.29, 1.82) is 0 Å². The lowest BCUT2D eigenvalue weighted by molar-refractivity contribution is 0.392. The molecule has 0 aromatic carbocycles. The van der Waals surface area contributed by atoms with E-state index in [-0.39, 0.29) is 0 Å². The minimum Gasteiger partial charge on any atom is -0.480 e. The third kappa shape index (κ3) is 2.21. The zero-order valence-corrected chi connectivity index (χ0v) is 10.8. The van der Waals surface area contributed by atoms with Crippen LogP contribution in [0, 0.1) is 0 Å². The van der Waals surface area contributed by atoms with Gasteiger partial charge in [-0.15, -0.1) is 10.2 Å². The molecule has 2 aromatic rings. The first-order chi connectivity index (χ1) is 9.28. The van der Waals surface area contributed by atoms with E-state index >= 15 is 0 Å². The van der Waals surface area contributed by atoms with Gasteiger partial charge < -0.3 is 10.5 Å². The van der Waals surface area contributed by atoms with E-state index in [1.807, 2.05) is 0 Å². The molecule has 1 aliphatic carbocycles. The van der Waals surface area contributed by atoms with Gasteiger partial charge in [-0.25, -0.2) is 9.97 Å². The molecule has 6 heteroatoms. The smallest absolute Gasteiger partial charge is 0.233 e. The highest BCUT2D eigenvalue weighted by Gasteiger charge is 2.17. The molecule has 0 spiro atoms. The van der Waals surface area contributed by atoms with Crippen LogP contribution >= 0.6 is 0 Å². The molecule has 0 aliphatic heterocycles. The summed E-state index contributed by atoms with van der Waals surface area (Å²) in [5.41, 5.74) is 8.77. The normalized spacial score (nSPS) is 13.9. The molecule has 1 aliphatic rings. The fourth-order valence-corrected chi connectivity index (χ4v) is 2.29. The van der Waals surface area contributed by atoms with Gasteiger partial charge in [0, 0.05) is 17.3 Å². The average Bonchev–Trinajstić information content (AvgIpc) is 2.47. The first-order valence-electron chi connectivity index (χ1n) is 6.31. The standard InChI is InChI=1S/C13H15N5O/c1-19-11-7-6-10(17-18-11)13-15-9-5-3-2-4-8(9)12(14)16-13/h6-7H,2-5H2,1H3,(H2,14,15,16). The number of hydrogen-bond acceptors (Lipinski definition) is 6. The van der Waals surface area contributed by atoms with E-state index in [0.717, 1.165) is 36.9 Å². The fraction of sp³-hybridized carbons (Fsp3) is 0.385. The van der Waals surface area contributed by atoms with Gasteiger partial charge in [0.15, 0.2) is 5.82 Å². The molecule has 2 heterocycles. The number of nitrogens with two attached hydrogens (primary N) is 1. The monoisotopic (exact) mass is 257 g/mol. The maximum Gasteiger partial charge on any atom is 0.233 e. The largest absolute Gasteiger partial charge is 0.480 e. The SMILES string of the molecule is COc1ccc(-c2nc(N)c3c(n2)CCCC3)nn1. The Morgan fingerprint density at radius 1 is 1.11 bits per heavy atom. The summed E-state index contributed by atoms with van der Waals surface area (Å²) < 4.78 is 4.98. The number of hydrogen-bond donors (Lipinski definition) is 1. The zero-order valence-electron chi connectivity index (χ0n) is 10.8. The van der Waals surface area contributed by atoms with Crippen LogP contribution in [0.4, 0.5) is 5.82 Å². The Bertz CT molecular complexity index is 597. The summed E-state index contributed by atoms with van der Waals surface area (Å²) in [5.74, 6) is 1.57. The van der Waals surface area contributed by atoms with Crippen molar-refractivity contribution < 1.29 is 4.74 Å². The Kier molecular flexibility index (Phi) is 2.98. The van der Waals surface area contributed by atoms with Crippen LogP contribution in [0.15, 0.2) is 12.1 Å². The molecule has 0 unspecified atom stereocenters.